The summed E-state index contributed by atoms with van der Waals surface area (Å²) < 4.78 is 31.1. The van der Waals surface area contributed by atoms with Crippen molar-refractivity contribution < 1.29 is 17.9 Å². The van der Waals surface area contributed by atoms with Crippen LogP contribution in [0.1, 0.15) is 27.2 Å². The number of nitrogens with zero attached hydrogens (tertiary/aromatic N) is 1. The molecule has 0 aliphatic rings. The Hall–Kier alpha value is -1.76. The van der Waals surface area contributed by atoms with Crippen molar-refractivity contribution in [2.45, 2.75) is 33.3 Å². The maximum Gasteiger partial charge on any atom is 0.232 e. The van der Waals surface area contributed by atoms with Gasteiger partial charge in [-0.05, 0) is 26.0 Å². The van der Waals surface area contributed by atoms with Gasteiger partial charge in [-0.1, -0.05) is 19.1 Å². The molecule has 0 atom stereocenters. The first-order valence-corrected chi connectivity index (χ1v) is 9.10. The van der Waals surface area contributed by atoms with Gasteiger partial charge in [0.1, 0.15) is 5.75 Å². The molecule has 1 amide bonds. The largest absolute Gasteiger partial charge is 0.489 e. The zero-order valence-corrected chi connectivity index (χ0v) is 14.3. The van der Waals surface area contributed by atoms with Crippen LogP contribution in [0.4, 0.5) is 5.69 Å². The van der Waals surface area contributed by atoms with Gasteiger partial charge in [0.15, 0.2) is 0 Å². The van der Waals surface area contributed by atoms with Gasteiger partial charge in [0, 0.05) is 13.0 Å². The van der Waals surface area contributed by atoms with Crippen LogP contribution in [0, 0.1) is 0 Å². The maximum atomic E-state index is 12.1. The minimum atomic E-state index is -3.48. The lowest BCUT2D eigenvalue weighted by Gasteiger charge is -2.25. The number of hydrogen-bond donors (Lipinski definition) is 1. The predicted molar refractivity (Wildman–Crippen MR) is 87.7 cm³/mol. The molecule has 124 valence electrons. The Bertz CT molecular complexity index is 599. The molecule has 7 heteroatoms. The topological polar surface area (TPSA) is 75.7 Å². The molecule has 0 fully saturated rings. The third-order valence-electron chi connectivity index (χ3n) is 2.86. The van der Waals surface area contributed by atoms with E-state index in [1.54, 1.807) is 31.2 Å². The number of nitrogens with one attached hydrogen (secondary N) is 1. The molecule has 6 nitrogen and oxygen atoms in total. The molecule has 1 aromatic carbocycles. The Labute approximate surface area is 132 Å². The van der Waals surface area contributed by atoms with Crippen molar-refractivity contribution in [1.29, 1.82) is 0 Å². The first kappa shape index (κ1) is 18.3. The van der Waals surface area contributed by atoms with E-state index in [-0.39, 0.29) is 25.1 Å². The molecule has 0 spiro atoms. The van der Waals surface area contributed by atoms with E-state index in [9.17, 15) is 13.2 Å². The Morgan fingerprint density at radius 1 is 1.32 bits per heavy atom. The molecule has 0 heterocycles. The Balaban J connectivity index is 3.00. The van der Waals surface area contributed by atoms with E-state index in [2.05, 4.69) is 5.32 Å². The number of sulfonamides is 1. The normalized spacial score (nSPS) is 11.3. The first-order chi connectivity index (χ1) is 10.3. The zero-order valence-electron chi connectivity index (χ0n) is 13.5. The van der Waals surface area contributed by atoms with Gasteiger partial charge in [-0.25, -0.2) is 8.42 Å². The van der Waals surface area contributed by atoms with E-state index in [0.717, 1.165) is 6.26 Å². The van der Waals surface area contributed by atoms with Crippen LogP contribution in [0.5, 0.6) is 5.75 Å². The van der Waals surface area contributed by atoms with E-state index in [4.69, 9.17) is 4.74 Å². The van der Waals surface area contributed by atoms with Crippen molar-refractivity contribution in [3.63, 3.8) is 0 Å². The summed E-state index contributed by atoms with van der Waals surface area (Å²) in [7, 11) is -3.48. The third-order valence-corrected chi connectivity index (χ3v) is 4.04. The number of para-hydroxylation sites is 2. The number of carbonyl (C=O) groups is 1. The second kappa shape index (κ2) is 8.03. The van der Waals surface area contributed by atoms with Crippen LogP contribution in [0.2, 0.25) is 0 Å². The molecule has 0 unspecified atom stereocenters. The molecule has 1 aromatic rings. The molecular weight excluding hydrogens is 304 g/mol. The summed E-state index contributed by atoms with van der Waals surface area (Å²) in [4.78, 5) is 11.3. The highest BCUT2D eigenvalue weighted by Gasteiger charge is 2.21. The molecule has 22 heavy (non-hydrogen) atoms. The summed E-state index contributed by atoms with van der Waals surface area (Å²) >= 11 is 0. The monoisotopic (exact) mass is 328 g/mol. The fourth-order valence-corrected chi connectivity index (χ4v) is 2.83. The first-order valence-electron chi connectivity index (χ1n) is 7.25. The lowest BCUT2D eigenvalue weighted by atomic mass is 10.3. The Morgan fingerprint density at radius 2 is 1.95 bits per heavy atom. The lowest BCUT2D eigenvalue weighted by Crippen LogP contribution is -2.38. The van der Waals surface area contributed by atoms with Crippen molar-refractivity contribution in [2.24, 2.45) is 0 Å². The maximum absolute atomic E-state index is 12.1. The highest BCUT2D eigenvalue weighted by atomic mass is 32.2. The molecule has 1 N–H and O–H groups in total. The van der Waals surface area contributed by atoms with Crippen LogP contribution in [-0.2, 0) is 14.8 Å². The summed E-state index contributed by atoms with van der Waals surface area (Å²) in [5.41, 5.74) is 0.476. The van der Waals surface area contributed by atoms with Crippen molar-refractivity contribution in [3.05, 3.63) is 24.3 Å². The van der Waals surface area contributed by atoms with Gasteiger partial charge in [-0.3, -0.25) is 9.10 Å². The molecule has 1 rings (SSSR count). The van der Waals surface area contributed by atoms with Gasteiger partial charge in [-0.15, -0.1) is 0 Å². The second-order valence-corrected chi connectivity index (χ2v) is 7.08. The molecule has 0 saturated carbocycles. The van der Waals surface area contributed by atoms with Gasteiger partial charge < -0.3 is 10.1 Å². The number of amides is 1. The molecular formula is C15H24N2O4S. The number of rotatable bonds is 8. The van der Waals surface area contributed by atoms with Crippen molar-refractivity contribution in [2.75, 3.05) is 23.7 Å². The molecule has 0 radical (unpaired) electrons. The van der Waals surface area contributed by atoms with Gasteiger partial charge in [0.05, 0.1) is 24.6 Å². The number of ether oxygens (including phenoxy) is 1. The number of carbonyl (C=O) groups excluding carboxylic acids is 1. The second-order valence-electron chi connectivity index (χ2n) is 5.17. The summed E-state index contributed by atoms with van der Waals surface area (Å²) in [5, 5.41) is 2.68. The SMILES string of the molecule is CCC(=O)NCCN(c1ccccc1OC(C)C)S(C)(=O)=O. The zero-order chi connectivity index (χ0) is 16.8. The van der Waals surface area contributed by atoms with Crippen molar-refractivity contribution >= 4 is 21.6 Å². The Morgan fingerprint density at radius 3 is 2.50 bits per heavy atom. The van der Waals surface area contributed by atoms with E-state index in [1.807, 2.05) is 13.8 Å². The smallest absolute Gasteiger partial charge is 0.232 e. The summed E-state index contributed by atoms with van der Waals surface area (Å²) in [6, 6.07) is 6.98. The molecule has 0 aliphatic heterocycles. The molecule has 0 bridgehead atoms. The van der Waals surface area contributed by atoms with E-state index < -0.39 is 10.0 Å². The number of hydrogen-bond acceptors (Lipinski definition) is 4. The van der Waals surface area contributed by atoms with Crippen LogP contribution in [0.25, 0.3) is 0 Å². The molecule has 0 aliphatic carbocycles. The van der Waals surface area contributed by atoms with Gasteiger partial charge in [0.25, 0.3) is 0 Å². The minimum absolute atomic E-state index is 0.0673. The molecule has 0 saturated heterocycles. The van der Waals surface area contributed by atoms with Crippen molar-refractivity contribution in [1.82, 2.24) is 5.32 Å². The van der Waals surface area contributed by atoms with E-state index in [1.165, 1.54) is 4.31 Å². The summed E-state index contributed by atoms with van der Waals surface area (Å²) in [5.74, 6) is 0.393. The standard InChI is InChI=1S/C15H24N2O4S/c1-5-15(18)16-10-11-17(22(4,19)20)13-8-6-7-9-14(13)21-12(2)3/h6-9,12H,5,10-11H2,1-4H3,(H,16,18). The van der Waals surface area contributed by atoms with Crippen LogP contribution in [-0.4, -0.2) is 39.8 Å². The average molecular weight is 328 g/mol. The van der Waals surface area contributed by atoms with Crippen molar-refractivity contribution in [3.8, 4) is 5.75 Å². The molecule has 0 aromatic heterocycles. The quantitative estimate of drug-likeness (QED) is 0.789. The van der Waals surface area contributed by atoms with Crippen LogP contribution < -0.4 is 14.4 Å². The van der Waals surface area contributed by atoms with Gasteiger partial charge in [0.2, 0.25) is 15.9 Å². The average Bonchev–Trinajstić information content (AvgIpc) is 2.42. The highest BCUT2D eigenvalue weighted by molar-refractivity contribution is 7.92. The summed E-state index contributed by atoms with van der Waals surface area (Å²) in [6.07, 6.45) is 1.44. The lowest BCUT2D eigenvalue weighted by molar-refractivity contribution is -0.120. The fraction of sp³-hybridized carbons (Fsp3) is 0.533. The van der Waals surface area contributed by atoms with Crippen LogP contribution in [0.15, 0.2) is 24.3 Å². The highest BCUT2D eigenvalue weighted by Crippen LogP contribution is 2.30. The van der Waals surface area contributed by atoms with E-state index >= 15 is 0 Å². The van der Waals surface area contributed by atoms with Crippen LogP contribution >= 0.6 is 0 Å². The third kappa shape index (κ3) is 5.55. The van der Waals surface area contributed by atoms with Gasteiger partial charge >= 0.3 is 0 Å². The summed E-state index contributed by atoms with van der Waals surface area (Å²) in [6.45, 7) is 5.90. The number of benzene rings is 1. The predicted octanol–water partition coefficient (Wildman–Crippen LogP) is 1.77. The van der Waals surface area contributed by atoms with Gasteiger partial charge in [-0.2, -0.15) is 0 Å². The minimum Gasteiger partial charge on any atom is -0.489 e. The van der Waals surface area contributed by atoms with Crippen LogP contribution in [0.3, 0.4) is 0 Å². The Kier molecular flexibility index (Phi) is 6.67. The fourth-order valence-electron chi connectivity index (χ4n) is 1.90. The van der Waals surface area contributed by atoms with E-state index in [0.29, 0.717) is 17.9 Å². The number of anilines is 1.